The van der Waals surface area contributed by atoms with Gasteiger partial charge in [-0.2, -0.15) is 0 Å². The molecule has 0 N–H and O–H groups in total. The van der Waals surface area contributed by atoms with E-state index in [1.165, 1.54) is 0 Å². The molecule has 98 valence electrons. The Morgan fingerprint density at radius 2 is 2.22 bits per heavy atom. The molecule has 0 spiro atoms. The predicted octanol–water partition coefficient (Wildman–Crippen LogP) is 3.89. The number of carbonyl (C=O) groups excluding carboxylic acids is 1. The fraction of sp³-hybridized carbons (Fsp3) is 0.500. The van der Waals surface area contributed by atoms with Crippen LogP contribution in [0.3, 0.4) is 0 Å². The predicted molar refractivity (Wildman–Crippen MR) is 78.6 cm³/mol. The molecule has 0 bridgehead atoms. The smallest absolute Gasteiger partial charge is 0.254 e. The normalized spacial score (nSPS) is 24.1. The molecule has 1 aliphatic heterocycles. The summed E-state index contributed by atoms with van der Waals surface area (Å²) in [6.07, 6.45) is 1.01. The highest BCUT2D eigenvalue weighted by atomic mass is 79.9. The minimum atomic E-state index is 0.0984. The molecule has 1 aliphatic rings. The van der Waals surface area contributed by atoms with E-state index >= 15 is 0 Å². The topological polar surface area (TPSA) is 20.3 Å². The summed E-state index contributed by atoms with van der Waals surface area (Å²) < 4.78 is 0. The van der Waals surface area contributed by atoms with Crippen molar-refractivity contribution < 1.29 is 4.79 Å². The molecule has 0 aromatic heterocycles. The Hall–Kier alpha value is -0.540. The van der Waals surface area contributed by atoms with Crippen molar-refractivity contribution in [1.82, 2.24) is 4.90 Å². The maximum atomic E-state index is 12.5. The Labute approximate surface area is 121 Å². The minimum absolute atomic E-state index is 0.0984. The number of nitrogens with zero attached hydrogens (tertiary/aromatic N) is 1. The molecule has 2 nitrogen and oxygen atoms in total. The molecule has 1 heterocycles. The average Bonchev–Trinajstić information content (AvgIpc) is 2.35. The molecule has 2 rings (SSSR count). The lowest BCUT2D eigenvalue weighted by molar-refractivity contribution is 0.0690. The first-order valence-corrected chi connectivity index (χ1v) is 7.48. The van der Waals surface area contributed by atoms with Crippen LogP contribution in [0.25, 0.3) is 0 Å². The summed E-state index contributed by atoms with van der Waals surface area (Å²) in [5, 5.41) is 0.618. The number of rotatable bonds is 1. The molecule has 18 heavy (non-hydrogen) atoms. The van der Waals surface area contributed by atoms with Crippen molar-refractivity contribution in [1.29, 1.82) is 0 Å². The van der Waals surface area contributed by atoms with Crippen molar-refractivity contribution in [2.45, 2.75) is 25.1 Å². The molecular weight excluding hydrogens is 314 g/mol. The van der Waals surface area contributed by atoms with Crippen LogP contribution in [0.15, 0.2) is 18.2 Å². The number of hydrogen-bond donors (Lipinski definition) is 0. The van der Waals surface area contributed by atoms with Gasteiger partial charge < -0.3 is 4.90 Å². The maximum Gasteiger partial charge on any atom is 0.254 e. The zero-order valence-electron chi connectivity index (χ0n) is 10.6. The highest BCUT2D eigenvalue weighted by molar-refractivity contribution is 9.09. The van der Waals surface area contributed by atoms with Gasteiger partial charge in [0.1, 0.15) is 0 Å². The number of benzene rings is 1. The summed E-state index contributed by atoms with van der Waals surface area (Å²) in [7, 11) is 0. The molecule has 1 aromatic rings. The van der Waals surface area contributed by atoms with Gasteiger partial charge in [-0.25, -0.2) is 0 Å². The summed E-state index contributed by atoms with van der Waals surface area (Å²) in [6.45, 7) is 5.74. The number of piperidine rings is 1. The van der Waals surface area contributed by atoms with Crippen LogP contribution in [0.1, 0.15) is 29.3 Å². The van der Waals surface area contributed by atoms with Crippen LogP contribution in [0, 0.1) is 12.8 Å². The van der Waals surface area contributed by atoms with E-state index in [9.17, 15) is 4.79 Å². The van der Waals surface area contributed by atoms with E-state index in [0.717, 1.165) is 30.6 Å². The van der Waals surface area contributed by atoms with Gasteiger partial charge in [0.05, 0.1) is 0 Å². The fourth-order valence-electron chi connectivity index (χ4n) is 2.30. The van der Waals surface area contributed by atoms with Crippen molar-refractivity contribution in [2.75, 3.05) is 13.1 Å². The van der Waals surface area contributed by atoms with Crippen LogP contribution in [-0.2, 0) is 0 Å². The largest absolute Gasteiger partial charge is 0.338 e. The van der Waals surface area contributed by atoms with Gasteiger partial charge in [-0.1, -0.05) is 40.5 Å². The van der Waals surface area contributed by atoms with E-state index in [1.54, 1.807) is 6.07 Å². The van der Waals surface area contributed by atoms with Crippen LogP contribution in [0.5, 0.6) is 0 Å². The Bertz CT molecular complexity index is 463. The van der Waals surface area contributed by atoms with E-state index in [2.05, 4.69) is 22.9 Å². The van der Waals surface area contributed by atoms with E-state index in [1.807, 2.05) is 24.0 Å². The zero-order chi connectivity index (χ0) is 13.3. The van der Waals surface area contributed by atoms with Gasteiger partial charge in [0.2, 0.25) is 0 Å². The first kappa shape index (κ1) is 13.9. The van der Waals surface area contributed by atoms with Crippen molar-refractivity contribution in [2.24, 2.45) is 5.92 Å². The number of amides is 1. The van der Waals surface area contributed by atoms with E-state index in [4.69, 9.17) is 11.6 Å². The number of halogens is 2. The number of likely N-dealkylation sites (tertiary alicyclic amines) is 1. The van der Waals surface area contributed by atoms with Crippen molar-refractivity contribution >= 4 is 33.4 Å². The van der Waals surface area contributed by atoms with Gasteiger partial charge in [-0.15, -0.1) is 0 Å². The van der Waals surface area contributed by atoms with Gasteiger partial charge in [0.25, 0.3) is 5.91 Å². The van der Waals surface area contributed by atoms with Crippen LogP contribution in [0.2, 0.25) is 5.02 Å². The Morgan fingerprint density at radius 1 is 1.50 bits per heavy atom. The summed E-state index contributed by atoms with van der Waals surface area (Å²) in [4.78, 5) is 14.9. The second-order valence-electron chi connectivity index (χ2n) is 4.99. The molecule has 1 amide bonds. The molecule has 0 radical (unpaired) electrons. The molecule has 1 fully saturated rings. The van der Waals surface area contributed by atoms with E-state index < -0.39 is 0 Å². The van der Waals surface area contributed by atoms with Crippen molar-refractivity contribution in [3.63, 3.8) is 0 Å². The van der Waals surface area contributed by atoms with Crippen LogP contribution in [-0.4, -0.2) is 28.7 Å². The lowest BCUT2D eigenvalue weighted by Crippen LogP contribution is -2.43. The lowest BCUT2D eigenvalue weighted by atomic mass is 9.98. The van der Waals surface area contributed by atoms with Crippen molar-refractivity contribution in [3.8, 4) is 0 Å². The summed E-state index contributed by atoms with van der Waals surface area (Å²) in [5.74, 6) is 0.587. The fourth-order valence-corrected chi connectivity index (χ4v) is 2.84. The molecule has 1 saturated heterocycles. The van der Waals surface area contributed by atoms with E-state index in [0.29, 0.717) is 15.8 Å². The first-order chi connectivity index (χ1) is 8.49. The summed E-state index contributed by atoms with van der Waals surface area (Å²) in [5.41, 5.74) is 1.71. The minimum Gasteiger partial charge on any atom is -0.338 e. The van der Waals surface area contributed by atoms with Crippen LogP contribution >= 0.6 is 27.5 Å². The van der Waals surface area contributed by atoms with Gasteiger partial charge in [-0.3, -0.25) is 4.79 Å². The van der Waals surface area contributed by atoms with Gasteiger partial charge in [-0.05, 0) is 37.0 Å². The van der Waals surface area contributed by atoms with Gasteiger partial charge in [0.15, 0.2) is 0 Å². The van der Waals surface area contributed by atoms with E-state index in [-0.39, 0.29) is 5.91 Å². The highest BCUT2D eigenvalue weighted by Crippen LogP contribution is 2.25. The summed E-state index contributed by atoms with van der Waals surface area (Å²) >= 11 is 9.63. The SMILES string of the molecule is Cc1ccc(Cl)cc1C(=O)N1CCC(Br)C(C)C1. The lowest BCUT2D eigenvalue weighted by Gasteiger charge is -2.34. The third-order valence-corrected chi connectivity index (χ3v) is 5.11. The second kappa shape index (κ2) is 5.62. The number of hydrogen-bond acceptors (Lipinski definition) is 1. The Balaban J connectivity index is 2.19. The third kappa shape index (κ3) is 2.89. The standard InChI is InChI=1S/C14H17BrClNO/c1-9-3-4-11(16)7-12(9)14(18)17-6-5-13(15)10(2)8-17/h3-4,7,10,13H,5-6,8H2,1-2H3. The molecular formula is C14H17BrClNO. The van der Waals surface area contributed by atoms with Gasteiger partial charge in [0, 0.05) is 28.5 Å². The second-order valence-corrected chi connectivity index (χ2v) is 6.60. The maximum absolute atomic E-state index is 12.5. The molecule has 0 aliphatic carbocycles. The Morgan fingerprint density at radius 3 is 2.89 bits per heavy atom. The number of alkyl halides is 1. The zero-order valence-corrected chi connectivity index (χ0v) is 13.0. The molecule has 4 heteroatoms. The molecule has 2 unspecified atom stereocenters. The monoisotopic (exact) mass is 329 g/mol. The number of carbonyl (C=O) groups is 1. The first-order valence-electron chi connectivity index (χ1n) is 6.18. The van der Waals surface area contributed by atoms with Crippen LogP contribution < -0.4 is 0 Å². The van der Waals surface area contributed by atoms with Gasteiger partial charge >= 0.3 is 0 Å². The van der Waals surface area contributed by atoms with Crippen molar-refractivity contribution in [3.05, 3.63) is 34.3 Å². The third-order valence-electron chi connectivity index (χ3n) is 3.52. The summed E-state index contributed by atoms with van der Waals surface area (Å²) in [6, 6.07) is 5.49. The highest BCUT2D eigenvalue weighted by Gasteiger charge is 2.28. The number of aryl methyl sites for hydroxylation is 1. The average molecular weight is 331 g/mol. The molecule has 0 saturated carbocycles. The molecule has 2 atom stereocenters. The molecule has 1 aromatic carbocycles. The van der Waals surface area contributed by atoms with Crippen LogP contribution in [0.4, 0.5) is 0 Å². The quantitative estimate of drug-likeness (QED) is 0.715. The Kier molecular flexibility index (Phi) is 4.33.